The van der Waals surface area contributed by atoms with Gasteiger partial charge in [-0.25, -0.2) is 0 Å². The predicted octanol–water partition coefficient (Wildman–Crippen LogP) is 4.67. The van der Waals surface area contributed by atoms with Gasteiger partial charge < -0.3 is 0 Å². The summed E-state index contributed by atoms with van der Waals surface area (Å²) in [6.07, 6.45) is 6.10. The van der Waals surface area contributed by atoms with Gasteiger partial charge >= 0.3 is 0 Å². The SMILES string of the molecule is C=C(C#CCCCCCC)c1ccccc1. The number of rotatable bonds is 5. The molecule has 0 spiro atoms. The number of hydrogen-bond acceptors (Lipinski definition) is 0. The van der Waals surface area contributed by atoms with Gasteiger partial charge in [-0.1, -0.05) is 74.9 Å². The fourth-order valence-corrected chi connectivity index (χ4v) is 1.52. The predicted molar refractivity (Wildman–Crippen MR) is 72.0 cm³/mol. The molecule has 0 unspecified atom stereocenters. The number of hydrogen-bond donors (Lipinski definition) is 0. The van der Waals surface area contributed by atoms with Crippen molar-refractivity contribution in [1.29, 1.82) is 0 Å². The first-order valence-corrected chi connectivity index (χ1v) is 6.07. The number of benzene rings is 1. The van der Waals surface area contributed by atoms with Crippen molar-refractivity contribution in [2.24, 2.45) is 0 Å². The van der Waals surface area contributed by atoms with Crippen LogP contribution in [0.4, 0.5) is 0 Å². The Morgan fingerprint density at radius 1 is 1.12 bits per heavy atom. The summed E-state index contributed by atoms with van der Waals surface area (Å²) in [7, 11) is 0. The van der Waals surface area contributed by atoms with E-state index in [2.05, 4.69) is 25.3 Å². The van der Waals surface area contributed by atoms with Gasteiger partial charge in [-0.05, 0) is 12.0 Å². The molecule has 0 aliphatic rings. The van der Waals surface area contributed by atoms with E-state index in [4.69, 9.17) is 0 Å². The van der Waals surface area contributed by atoms with Crippen LogP contribution in [0.1, 0.15) is 44.6 Å². The quantitative estimate of drug-likeness (QED) is 0.491. The molecule has 0 nitrogen and oxygen atoms in total. The summed E-state index contributed by atoms with van der Waals surface area (Å²) in [6, 6.07) is 10.1. The summed E-state index contributed by atoms with van der Waals surface area (Å²) < 4.78 is 0. The van der Waals surface area contributed by atoms with Crippen LogP contribution < -0.4 is 0 Å². The maximum Gasteiger partial charge on any atom is 0.0245 e. The summed E-state index contributed by atoms with van der Waals surface area (Å²) in [5, 5.41) is 0. The highest BCUT2D eigenvalue weighted by molar-refractivity contribution is 5.76. The van der Waals surface area contributed by atoms with Crippen molar-refractivity contribution in [1.82, 2.24) is 0 Å². The molecule has 1 aromatic rings. The minimum atomic E-state index is 0.927. The summed E-state index contributed by atoms with van der Waals surface area (Å²) in [5.74, 6) is 6.32. The average molecular weight is 212 g/mol. The summed E-state index contributed by atoms with van der Waals surface area (Å²) >= 11 is 0. The molecule has 0 bridgehead atoms. The zero-order valence-electron chi connectivity index (χ0n) is 10.1. The van der Waals surface area contributed by atoms with Gasteiger partial charge in [0.1, 0.15) is 0 Å². The highest BCUT2D eigenvalue weighted by Crippen LogP contribution is 2.10. The van der Waals surface area contributed by atoms with Crippen molar-refractivity contribution in [2.45, 2.75) is 39.0 Å². The molecule has 0 aliphatic carbocycles. The molecule has 0 heterocycles. The lowest BCUT2D eigenvalue weighted by molar-refractivity contribution is 0.680. The molecule has 0 atom stereocenters. The van der Waals surface area contributed by atoms with Crippen LogP contribution in [-0.4, -0.2) is 0 Å². The van der Waals surface area contributed by atoms with E-state index in [1.54, 1.807) is 0 Å². The highest BCUT2D eigenvalue weighted by Gasteiger charge is 1.91. The average Bonchev–Trinajstić information content (AvgIpc) is 2.34. The summed E-state index contributed by atoms with van der Waals surface area (Å²) in [6.45, 7) is 6.21. The monoisotopic (exact) mass is 212 g/mol. The van der Waals surface area contributed by atoms with Crippen molar-refractivity contribution < 1.29 is 0 Å². The van der Waals surface area contributed by atoms with E-state index >= 15 is 0 Å². The largest absolute Gasteiger partial charge is 0.0979 e. The third-order valence-corrected chi connectivity index (χ3v) is 2.52. The van der Waals surface area contributed by atoms with Crippen LogP contribution in [0.5, 0.6) is 0 Å². The van der Waals surface area contributed by atoms with Gasteiger partial charge in [-0.2, -0.15) is 0 Å². The Labute approximate surface area is 99.4 Å². The fraction of sp³-hybridized carbons (Fsp3) is 0.375. The minimum absolute atomic E-state index is 0.927. The molecular formula is C16H20. The first-order chi connectivity index (χ1) is 7.84. The van der Waals surface area contributed by atoms with Crippen molar-refractivity contribution in [3.63, 3.8) is 0 Å². The molecule has 0 radical (unpaired) electrons. The zero-order chi connectivity index (χ0) is 11.6. The van der Waals surface area contributed by atoms with Crippen molar-refractivity contribution in [2.75, 3.05) is 0 Å². The molecule has 0 aromatic heterocycles. The van der Waals surface area contributed by atoms with Gasteiger partial charge in [-0.3, -0.25) is 0 Å². The van der Waals surface area contributed by atoms with Crippen LogP contribution in [0.15, 0.2) is 36.9 Å². The Kier molecular flexibility index (Phi) is 6.11. The Morgan fingerprint density at radius 2 is 1.88 bits per heavy atom. The molecule has 0 heteroatoms. The zero-order valence-corrected chi connectivity index (χ0v) is 10.1. The Hall–Kier alpha value is -1.48. The van der Waals surface area contributed by atoms with Gasteiger partial charge in [0.05, 0.1) is 0 Å². The number of allylic oxidation sites excluding steroid dienone is 1. The van der Waals surface area contributed by atoms with Crippen LogP contribution in [0.2, 0.25) is 0 Å². The Morgan fingerprint density at radius 3 is 2.56 bits per heavy atom. The van der Waals surface area contributed by atoms with Crippen molar-refractivity contribution in [3.05, 3.63) is 42.5 Å². The lowest BCUT2D eigenvalue weighted by atomic mass is 10.1. The Bertz CT molecular complexity index is 362. The molecule has 1 rings (SSSR count). The molecule has 0 saturated carbocycles. The molecule has 0 fully saturated rings. The fourth-order valence-electron chi connectivity index (χ4n) is 1.52. The molecule has 1 aromatic carbocycles. The maximum absolute atomic E-state index is 3.99. The summed E-state index contributed by atoms with van der Waals surface area (Å²) in [4.78, 5) is 0. The minimum Gasteiger partial charge on any atom is -0.0979 e. The standard InChI is InChI=1S/C16H20/c1-3-4-5-6-7-9-12-15(2)16-13-10-8-11-14-16/h8,10-11,13-14H,2-7H2,1H3. The maximum atomic E-state index is 3.99. The second-order valence-electron chi connectivity index (χ2n) is 3.96. The molecule has 0 saturated heterocycles. The normalized spacial score (nSPS) is 9.31. The van der Waals surface area contributed by atoms with E-state index in [0.717, 1.165) is 17.6 Å². The van der Waals surface area contributed by atoms with Gasteiger partial charge in [0.25, 0.3) is 0 Å². The van der Waals surface area contributed by atoms with Crippen LogP contribution in [0.25, 0.3) is 5.57 Å². The van der Waals surface area contributed by atoms with Crippen molar-refractivity contribution >= 4 is 5.57 Å². The van der Waals surface area contributed by atoms with Crippen molar-refractivity contribution in [3.8, 4) is 11.8 Å². The topological polar surface area (TPSA) is 0 Å². The van der Waals surface area contributed by atoms with E-state index in [1.165, 1.54) is 25.7 Å². The van der Waals surface area contributed by atoms with Crippen LogP contribution in [0, 0.1) is 11.8 Å². The smallest absolute Gasteiger partial charge is 0.0245 e. The van der Waals surface area contributed by atoms with E-state index in [0.29, 0.717) is 0 Å². The molecule has 0 aliphatic heterocycles. The van der Waals surface area contributed by atoms with Gasteiger partial charge in [0.2, 0.25) is 0 Å². The third kappa shape index (κ3) is 4.84. The highest BCUT2D eigenvalue weighted by atomic mass is 14.0. The van der Waals surface area contributed by atoms with Gasteiger partial charge in [0.15, 0.2) is 0 Å². The van der Waals surface area contributed by atoms with Gasteiger partial charge in [0, 0.05) is 12.0 Å². The Balaban J connectivity index is 2.32. The molecular weight excluding hydrogens is 192 g/mol. The molecule has 0 amide bonds. The first-order valence-electron chi connectivity index (χ1n) is 6.07. The second-order valence-corrected chi connectivity index (χ2v) is 3.96. The third-order valence-electron chi connectivity index (χ3n) is 2.52. The van der Waals surface area contributed by atoms with Crippen LogP contribution in [0.3, 0.4) is 0 Å². The summed E-state index contributed by atoms with van der Waals surface area (Å²) in [5.41, 5.74) is 2.06. The van der Waals surface area contributed by atoms with E-state index in [-0.39, 0.29) is 0 Å². The van der Waals surface area contributed by atoms with E-state index in [1.807, 2.05) is 30.3 Å². The second kappa shape index (κ2) is 7.77. The lowest BCUT2D eigenvalue weighted by Gasteiger charge is -1.96. The van der Waals surface area contributed by atoms with E-state index in [9.17, 15) is 0 Å². The molecule has 0 N–H and O–H groups in total. The lowest BCUT2D eigenvalue weighted by Crippen LogP contribution is -1.78. The number of unbranched alkanes of at least 4 members (excludes halogenated alkanes) is 4. The van der Waals surface area contributed by atoms with Crippen LogP contribution >= 0.6 is 0 Å². The first kappa shape index (κ1) is 12.6. The van der Waals surface area contributed by atoms with E-state index < -0.39 is 0 Å². The molecule has 16 heavy (non-hydrogen) atoms. The molecule has 84 valence electrons. The van der Waals surface area contributed by atoms with Crippen LogP contribution in [-0.2, 0) is 0 Å². The van der Waals surface area contributed by atoms with Gasteiger partial charge in [-0.15, -0.1) is 0 Å².